The number of nitrogens with zero attached hydrogens (tertiary/aromatic N) is 1. The lowest BCUT2D eigenvalue weighted by Crippen LogP contribution is -2.30. The maximum absolute atomic E-state index is 12.0. The fourth-order valence-corrected chi connectivity index (χ4v) is 2.03. The van der Waals surface area contributed by atoms with Crippen LogP contribution in [0.25, 0.3) is 0 Å². The van der Waals surface area contributed by atoms with E-state index in [0.29, 0.717) is 11.1 Å². The summed E-state index contributed by atoms with van der Waals surface area (Å²) in [5.74, 6) is 0.677. The molecule has 1 aliphatic rings. The molecule has 2 rings (SSSR count). The van der Waals surface area contributed by atoms with E-state index in [1.807, 2.05) is 19.1 Å². The average Bonchev–Trinajstić information content (AvgIpc) is 3.17. The second-order valence-corrected chi connectivity index (χ2v) is 4.97. The third-order valence-corrected chi connectivity index (χ3v) is 3.67. The van der Waals surface area contributed by atoms with Gasteiger partial charge in [-0.15, -0.1) is 0 Å². The van der Waals surface area contributed by atoms with Crippen LogP contribution in [0.5, 0.6) is 0 Å². The summed E-state index contributed by atoms with van der Waals surface area (Å²) in [6, 6.07) is 5.48. The minimum atomic E-state index is -0.0746. The Morgan fingerprint density at radius 2 is 2.17 bits per heavy atom. The van der Waals surface area contributed by atoms with Crippen LogP contribution >= 0.6 is 0 Å². The Hall–Kier alpha value is -1.58. The average molecular weight is 247 g/mol. The molecule has 0 radical (unpaired) electrons. The Kier molecular flexibility index (Phi) is 3.84. The van der Waals surface area contributed by atoms with Crippen molar-refractivity contribution in [2.24, 2.45) is 5.41 Å². The van der Waals surface area contributed by atoms with Crippen LogP contribution in [0.3, 0.4) is 0 Å². The third-order valence-electron chi connectivity index (χ3n) is 3.67. The van der Waals surface area contributed by atoms with Gasteiger partial charge >= 0.3 is 0 Å². The fraction of sp³-hybridized carbons (Fsp3) is 0.571. The zero-order chi connectivity index (χ0) is 13.0. The molecule has 4 heteroatoms. The molecule has 1 heterocycles. The number of amides is 1. The van der Waals surface area contributed by atoms with E-state index < -0.39 is 0 Å². The minimum Gasteiger partial charge on any atom is -0.370 e. The van der Waals surface area contributed by atoms with Crippen molar-refractivity contribution in [3.05, 3.63) is 23.9 Å². The van der Waals surface area contributed by atoms with E-state index in [2.05, 4.69) is 22.5 Å². The van der Waals surface area contributed by atoms with Crippen LogP contribution < -0.4 is 10.6 Å². The Morgan fingerprint density at radius 1 is 1.39 bits per heavy atom. The topological polar surface area (TPSA) is 54.0 Å². The summed E-state index contributed by atoms with van der Waals surface area (Å²) in [6.45, 7) is 5.77. The molecule has 1 aliphatic carbocycles. The monoisotopic (exact) mass is 247 g/mol. The zero-order valence-electron chi connectivity index (χ0n) is 11.1. The van der Waals surface area contributed by atoms with Crippen molar-refractivity contribution in [2.75, 3.05) is 18.4 Å². The normalized spacial score (nSPS) is 16.1. The summed E-state index contributed by atoms with van der Waals surface area (Å²) in [7, 11) is 0. The number of hydrogen-bond acceptors (Lipinski definition) is 3. The molecule has 0 atom stereocenters. The maximum Gasteiger partial charge on any atom is 0.269 e. The molecule has 2 N–H and O–H groups in total. The summed E-state index contributed by atoms with van der Waals surface area (Å²) in [5, 5.41) is 6.10. The van der Waals surface area contributed by atoms with Crippen molar-refractivity contribution in [1.29, 1.82) is 0 Å². The molecule has 4 nitrogen and oxygen atoms in total. The van der Waals surface area contributed by atoms with Crippen LogP contribution in [0.1, 0.15) is 43.6 Å². The van der Waals surface area contributed by atoms with Gasteiger partial charge in [0.2, 0.25) is 0 Å². The van der Waals surface area contributed by atoms with Gasteiger partial charge in [-0.2, -0.15) is 0 Å². The largest absolute Gasteiger partial charge is 0.370 e. The highest BCUT2D eigenvalue weighted by Crippen LogP contribution is 2.47. The van der Waals surface area contributed by atoms with Gasteiger partial charge in [-0.1, -0.05) is 13.0 Å². The fourth-order valence-electron chi connectivity index (χ4n) is 2.03. The Bertz CT molecular complexity index is 427. The molecule has 1 aromatic heterocycles. The molecule has 0 bridgehead atoms. The van der Waals surface area contributed by atoms with E-state index in [4.69, 9.17) is 0 Å². The number of pyridine rings is 1. The van der Waals surface area contributed by atoms with Gasteiger partial charge in [0, 0.05) is 13.1 Å². The lowest BCUT2D eigenvalue weighted by molar-refractivity contribution is 0.0939. The number of rotatable bonds is 6. The van der Waals surface area contributed by atoms with E-state index in [1.165, 1.54) is 12.8 Å². The van der Waals surface area contributed by atoms with E-state index >= 15 is 0 Å². The third kappa shape index (κ3) is 3.00. The first-order chi connectivity index (χ1) is 8.69. The van der Waals surface area contributed by atoms with Gasteiger partial charge in [0.1, 0.15) is 11.5 Å². The predicted octanol–water partition coefficient (Wildman–Crippen LogP) is 2.43. The van der Waals surface area contributed by atoms with Crippen LogP contribution in [0.15, 0.2) is 18.2 Å². The van der Waals surface area contributed by atoms with Gasteiger partial charge in [0.05, 0.1) is 0 Å². The molecule has 0 spiro atoms. The number of aromatic nitrogens is 1. The first kappa shape index (κ1) is 12.9. The van der Waals surface area contributed by atoms with Crippen molar-refractivity contribution in [3.63, 3.8) is 0 Å². The summed E-state index contributed by atoms with van der Waals surface area (Å²) in [5.41, 5.74) is 0.856. The van der Waals surface area contributed by atoms with Gasteiger partial charge < -0.3 is 10.6 Å². The molecule has 98 valence electrons. The van der Waals surface area contributed by atoms with Gasteiger partial charge in [0.15, 0.2) is 0 Å². The van der Waals surface area contributed by atoms with Crippen LogP contribution in [0, 0.1) is 5.41 Å². The number of anilines is 1. The van der Waals surface area contributed by atoms with Gasteiger partial charge in [-0.3, -0.25) is 4.79 Å². The van der Waals surface area contributed by atoms with E-state index in [9.17, 15) is 4.79 Å². The van der Waals surface area contributed by atoms with Crippen LogP contribution in [-0.2, 0) is 0 Å². The molecule has 1 amide bonds. The molecule has 0 unspecified atom stereocenters. The Labute approximate surface area is 108 Å². The van der Waals surface area contributed by atoms with Crippen molar-refractivity contribution in [1.82, 2.24) is 10.3 Å². The molecule has 1 saturated carbocycles. The lowest BCUT2D eigenvalue weighted by atomic mass is 10.0. The maximum atomic E-state index is 12.0. The van der Waals surface area contributed by atoms with Crippen molar-refractivity contribution in [2.45, 2.75) is 33.1 Å². The highest BCUT2D eigenvalue weighted by Gasteiger charge is 2.40. The molecular weight excluding hydrogens is 226 g/mol. The summed E-state index contributed by atoms with van der Waals surface area (Å²) in [6.07, 6.45) is 3.60. The molecule has 1 fully saturated rings. The first-order valence-corrected chi connectivity index (χ1v) is 6.68. The number of carbonyl (C=O) groups is 1. The smallest absolute Gasteiger partial charge is 0.269 e. The quantitative estimate of drug-likeness (QED) is 0.811. The van der Waals surface area contributed by atoms with E-state index in [0.717, 1.165) is 25.3 Å². The second kappa shape index (κ2) is 5.38. The molecule has 18 heavy (non-hydrogen) atoms. The molecule has 0 saturated heterocycles. The van der Waals surface area contributed by atoms with E-state index in [1.54, 1.807) is 6.07 Å². The van der Waals surface area contributed by atoms with Gasteiger partial charge in [0.25, 0.3) is 5.91 Å². The van der Waals surface area contributed by atoms with Crippen LogP contribution in [0.4, 0.5) is 5.82 Å². The number of hydrogen-bond donors (Lipinski definition) is 2. The predicted molar refractivity (Wildman–Crippen MR) is 72.7 cm³/mol. The van der Waals surface area contributed by atoms with Crippen LogP contribution in [0.2, 0.25) is 0 Å². The second-order valence-electron chi connectivity index (χ2n) is 4.97. The van der Waals surface area contributed by atoms with Crippen LogP contribution in [-0.4, -0.2) is 24.0 Å². The Morgan fingerprint density at radius 3 is 2.78 bits per heavy atom. The summed E-state index contributed by atoms with van der Waals surface area (Å²) < 4.78 is 0. The van der Waals surface area contributed by atoms with Crippen molar-refractivity contribution >= 4 is 11.7 Å². The van der Waals surface area contributed by atoms with Crippen molar-refractivity contribution < 1.29 is 4.79 Å². The molecule has 0 aromatic carbocycles. The minimum absolute atomic E-state index is 0.0746. The molecular formula is C14H21N3O. The van der Waals surface area contributed by atoms with Gasteiger partial charge in [-0.25, -0.2) is 4.98 Å². The number of carbonyl (C=O) groups excluding carboxylic acids is 1. The molecule has 1 aromatic rings. The van der Waals surface area contributed by atoms with E-state index in [-0.39, 0.29) is 5.91 Å². The summed E-state index contributed by atoms with van der Waals surface area (Å²) >= 11 is 0. The molecule has 0 aliphatic heterocycles. The lowest BCUT2D eigenvalue weighted by Gasteiger charge is -2.13. The number of nitrogens with one attached hydrogen (secondary N) is 2. The van der Waals surface area contributed by atoms with Gasteiger partial charge in [-0.05, 0) is 43.7 Å². The van der Waals surface area contributed by atoms with Crippen molar-refractivity contribution in [3.8, 4) is 0 Å². The Balaban J connectivity index is 1.93. The highest BCUT2D eigenvalue weighted by molar-refractivity contribution is 5.92. The summed E-state index contributed by atoms with van der Waals surface area (Å²) in [4.78, 5) is 16.3. The zero-order valence-corrected chi connectivity index (χ0v) is 11.1. The SMILES string of the molecule is CCNc1cccc(C(=O)NCC2(CC)CC2)n1. The standard InChI is InChI=1S/C14H21N3O/c1-3-14(8-9-14)10-16-13(18)11-6-5-7-12(17-11)15-4-2/h5-7H,3-4,8-10H2,1-2H3,(H,15,17)(H,16,18). The first-order valence-electron chi connectivity index (χ1n) is 6.68. The highest BCUT2D eigenvalue weighted by atomic mass is 16.1.